The van der Waals surface area contributed by atoms with Gasteiger partial charge in [0.2, 0.25) is 0 Å². The van der Waals surface area contributed by atoms with Crippen LogP contribution in [0.3, 0.4) is 0 Å². The summed E-state index contributed by atoms with van der Waals surface area (Å²) in [7, 11) is 0. The third kappa shape index (κ3) is 6.22. The van der Waals surface area contributed by atoms with Crippen LogP contribution in [0.15, 0.2) is 18.2 Å². The molecule has 1 nitrogen and oxygen atoms in total. The second-order valence-corrected chi connectivity index (χ2v) is 6.52. The van der Waals surface area contributed by atoms with Crippen LogP contribution in [0.1, 0.15) is 69.6 Å². The first kappa shape index (κ1) is 18.2. The van der Waals surface area contributed by atoms with Gasteiger partial charge < -0.3 is 5.32 Å². The predicted molar refractivity (Wildman–Crippen MR) is 95.0 cm³/mol. The zero-order valence-electron chi connectivity index (χ0n) is 14.8. The molecule has 1 heteroatoms. The first-order valence-corrected chi connectivity index (χ1v) is 8.91. The summed E-state index contributed by atoms with van der Waals surface area (Å²) in [5.41, 5.74) is 4.31. The molecular formula is C20H35N. The molecule has 0 aromatic heterocycles. The molecule has 0 aliphatic rings. The maximum atomic E-state index is 3.82. The maximum Gasteiger partial charge on any atom is 0.0136 e. The van der Waals surface area contributed by atoms with Crippen LogP contribution >= 0.6 is 0 Å². The van der Waals surface area contributed by atoms with Gasteiger partial charge in [-0.3, -0.25) is 0 Å². The Morgan fingerprint density at radius 2 is 1.57 bits per heavy atom. The van der Waals surface area contributed by atoms with E-state index in [4.69, 9.17) is 0 Å². The van der Waals surface area contributed by atoms with Crippen LogP contribution in [0, 0.1) is 19.8 Å². The van der Waals surface area contributed by atoms with Crippen LogP contribution in [-0.2, 0) is 6.42 Å². The summed E-state index contributed by atoms with van der Waals surface area (Å²) in [6.45, 7) is 12.4. The van der Waals surface area contributed by atoms with Gasteiger partial charge in [0.25, 0.3) is 0 Å². The van der Waals surface area contributed by atoms with Gasteiger partial charge in [0.15, 0.2) is 0 Å². The van der Waals surface area contributed by atoms with Crippen LogP contribution in [0.25, 0.3) is 0 Å². The van der Waals surface area contributed by atoms with Gasteiger partial charge in [0.05, 0.1) is 0 Å². The number of benzene rings is 1. The Balaban J connectivity index is 2.81. The van der Waals surface area contributed by atoms with Gasteiger partial charge in [0, 0.05) is 6.04 Å². The number of hydrogen-bond acceptors (Lipinski definition) is 1. The van der Waals surface area contributed by atoms with E-state index in [1.807, 2.05) is 0 Å². The Hall–Kier alpha value is -0.820. The molecule has 1 N–H and O–H groups in total. The summed E-state index contributed by atoms with van der Waals surface area (Å²) in [6.07, 6.45) is 7.67. The van der Waals surface area contributed by atoms with Crippen molar-refractivity contribution in [1.29, 1.82) is 0 Å². The van der Waals surface area contributed by atoms with E-state index in [-0.39, 0.29) is 0 Å². The fourth-order valence-electron chi connectivity index (χ4n) is 3.21. The molecule has 0 aliphatic heterocycles. The van der Waals surface area contributed by atoms with Crippen LogP contribution in [0.5, 0.6) is 0 Å². The van der Waals surface area contributed by atoms with E-state index < -0.39 is 0 Å². The van der Waals surface area contributed by atoms with Crippen molar-refractivity contribution in [1.82, 2.24) is 5.32 Å². The van der Waals surface area contributed by atoms with Crippen LogP contribution in [0.2, 0.25) is 0 Å². The molecule has 0 bridgehead atoms. The molecule has 0 heterocycles. The van der Waals surface area contributed by atoms with Gasteiger partial charge in [0.1, 0.15) is 0 Å². The molecule has 0 radical (unpaired) electrons. The van der Waals surface area contributed by atoms with Gasteiger partial charge in [-0.25, -0.2) is 0 Å². The predicted octanol–water partition coefficient (Wildman–Crippen LogP) is 5.43. The third-order valence-corrected chi connectivity index (χ3v) is 4.57. The van der Waals surface area contributed by atoms with Crippen molar-refractivity contribution in [3.05, 3.63) is 34.9 Å². The topological polar surface area (TPSA) is 12.0 Å². The first-order valence-electron chi connectivity index (χ1n) is 8.91. The molecule has 1 aromatic carbocycles. The van der Waals surface area contributed by atoms with Crippen molar-refractivity contribution in [2.24, 2.45) is 5.92 Å². The van der Waals surface area contributed by atoms with E-state index in [1.54, 1.807) is 0 Å². The minimum absolute atomic E-state index is 0.631. The molecule has 0 spiro atoms. The molecule has 0 fully saturated rings. The molecule has 21 heavy (non-hydrogen) atoms. The Labute approximate surface area is 132 Å². The Morgan fingerprint density at radius 1 is 0.905 bits per heavy atom. The molecule has 1 unspecified atom stereocenters. The molecule has 0 amide bonds. The lowest BCUT2D eigenvalue weighted by Crippen LogP contribution is -2.38. The van der Waals surface area contributed by atoms with Gasteiger partial charge >= 0.3 is 0 Å². The number of nitrogens with one attached hydrogen (secondary N) is 1. The van der Waals surface area contributed by atoms with Crippen molar-refractivity contribution < 1.29 is 0 Å². The highest BCUT2D eigenvalue weighted by Gasteiger charge is 2.20. The molecule has 120 valence electrons. The second kappa shape index (κ2) is 10.00. The van der Waals surface area contributed by atoms with Gasteiger partial charge in [-0.15, -0.1) is 0 Å². The fourth-order valence-corrected chi connectivity index (χ4v) is 3.21. The third-order valence-electron chi connectivity index (χ3n) is 4.57. The highest BCUT2D eigenvalue weighted by atomic mass is 14.9. The smallest absolute Gasteiger partial charge is 0.0136 e. The summed E-state index contributed by atoms with van der Waals surface area (Å²) < 4.78 is 0. The summed E-state index contributed by atoms with van der Waals surface area (Å²) in [5, 5.41) is 3.82. The second-order valence-electron chi connectivity index (χ2n) is 6.52. The fraction of sp³-hybridized carbons (Fsp3) is 0.700. The van der Waals surface area contributed by atoms with Crippen molar-refractivity contribution in [2.45, 2.75) is 79.2 Å². The number of aryl methyl sites for hydroxylation is 2. The number of rotatable bonds is 10. The van der Waals surface area contributed by atoms with Crippen molar-refractivity contribution >= 4 is 0 Å². The SMILES string of the molecule is CCCNC(Cc1ccc(C)c(C)c1)C(CCC)CCC. The normalized spacial score (nSPS) is 12.9. The van der Waals surface area contributed by atoms with Crippen molar-refractivity contribution in [3.8, 4) is 0 Å². The van der Waals surface area contributed by atoms with Gasteiger partial charge in [-0.1, -0.05) is 51.8 Å². The summed E-state index contributed by atoms with van der Waals surface area (Å²) in [5.74, 6) is 0.813. The lowest BCUT2D eigenvalue weighted by molar-refractivity contribution is 0.308. The van der Waals surface area contributed by atoms with E-state index in [1.165, 1.54) is 55.2 Å². The standard InChI is InChI=1S/C20H35N/c1-6-9-19(10-7-2)20(21-13-8-3)15-18-12-11-16(4)17(5)14-18/h11-12,14,19-21H,6-10,13,15H2,1-5H3. The van der Waals surface area contributed by atoms with Crippen LogP contribution in [0.4, 0.5) is 0 Å². The van der Waals surface area contributed by atoms with E-state index in [9.17, 15) is 0 Å². The zero-order valence-corrected chi connectivity index (χ0v) is 14.8. The minimum atomic E-state index is 0.631. The summed E-state index contributed by atoms with van der Waals surface area (Å²) in [6, 6.07) is 7.60. The average Bonchev–Trinajstić information content (AvgIpc) is 2.47. The Bertz CT molecular complexity index is 391. The van der Waals surface area contributed by atoms with E-state index in [0.717, 1.165) is 12.5 Å². The molecule has 0 saturated carbocycles. The molecule has 0 aliphatic carbocycles. The molecule has 1 aromatic rings. The van der Waals surface area contributed by atoms with E-state index in [2.05, 4.69) is 58.1 Å². The average molecular weight is 290 g/mol. The van der Waals surface area contributed by atoms with Crippen molar-refractivity contribution in [3.63, 3.8) is 0 Å². The largest absolute Gasteiger partial charge is 0.313 e. The minimum Gasteiger partial charge on any atom is -0.313 e. The molecular weight excluding hydrogens is 254 g/mol. The van der Waals surface area contributed by atoms with E-state index >= 15 is 0 Å². The van der Waals surface area contributed by atoms with E-state index in [0.29, 0.717) is 6.04 Å². The molecule has 0 saturated heterocycles. The lowest BCUT2D eigenvalue weighted by Gasteiger charge is -2.28. The van der Waals surface area contributed by atoms with Crippen molar-refractivity contribution in [2.75, 3.05) is 6.54 Å². The quantitative estimate of drug-likeness (QED) is 0.605. The van der Waals surface area contributed by atoms with Gasteiger partial charge in [-0.05, 0) is 68.7 Å². The Morgan fingerprint density at radius 3 is 2.10 bits per heavy atom. The zero-order chi connectivity index (χ0) is 15.7. The first-order chi connectivity index (χ1) is 10.1. The highest BCUT2D eigenvalue weighted by Crippen LogP contribution is 2.22. The van der Waals surface area contributed by atoms with Crippen LogP contribution < -0.4 is 5.32 Å². The Kier molecular flexibility index (Phi) is 8.68. The molecule has 1 atom stereocenters. The lowest BCUT2D eigenvalue weighted by atomic mass is 9.86. The monoisotopic (exact) mass is 289 g/mol. The maximum absolute atomic E-state index is 3.82. The summed E-state index contributed by atoms with van der Waals surface area (Å²) >= 11 is 0. The summed E-state index contributed by atoms with van der Waals surface area (Å²) in [4.78, 5) is 0. The van der Waals surface area contributed by atoms with Gasteiger partial charge in [-0.2, -0.15) is 0 Å². The highest BCUT2D eigenvalue weighted by molar-refractivity contribution is 5.30. The van der Waals surface area contributed by atoms with Crippen LogP contribution in [-0.4, -0.2) is 12.6 Å². The molecule has 1 rings (SSSR count). The number of hydrogen-bond donors (Lipinski definition) is 1.